The fourth-order valence-electron chi connectivity index (χ4n) is 5.53. The summed E-state index contributed by atoms with van der Waals surface area (Å²) in [4.78, 5) is 0. The molecule has 2 aliphatic carbocycles. The third-order valence-electron chi connectivity index (χ3n) is 7.15. The van der Waals surface area contributed by atoms with Crippen molar-refractivity contribution in [3.05, 3.63) is 54.6 Å². The van der Waals surface area contributed by atoms with Crippen LogP contribution < -0.4 is 5.32 Å². The summed E-state index contributed by atoms with van der Waals surface area (Å²) in [6.45, 7) is 0. The lowest BCUT2D eigenvalue weighted by molar-refractivity contribution is 0.196. The largest absolute Gasteiger partial charge is 0.382 e. The van der Waals surface area contributed by atoms with Crippen molar-refractivity contribution in [3.8, 4) is 0 Å². The first-order chi connectivity index (χ1) is 14.4. The van der Waals surface area contributed by atoms with Crippen LogP contribution in [0.2, 0.25) is 0 Å². The summed E-state index contributed by atoms with van der Waals surface area (Å²) in [5.74, 6) is 1.78. The monoisotopic (exact) mass is 393 g/mol. The number of hydrogen-bond acceptors (Lipinski definition) is 1. The van der Waals surface area contributed by atoms with Gasteiger partial charge in [0.1, 0.15) is 0 Å². The molecule has 1 aromatic carbocycles. The van der Waals surface area contributed by atoms with Crippen LogP contribution in [-0.4, -0.2) is 6.04 Å². The van der Waals surface area contributed by atoms with E-state index in [1.54, 1.807) is 0 Å². The van der Waals surface area contributed by atoms with Gasteiger partial charge in [-0.2, -0.15) is 0 Å². The van der Waals surface area contributed by atoms with E-state index in [2.05, 4.69) is 59.9 Å². The maximum absolute atomic E-state index is 3.97. The highest BCUT2D eigenvalue weighted by Gasteiger charge is 2.31. The van der Waals surface area contributed by atoms with Crippen LogP contribution in [0, 0.1) is 11.8 Å². The van der Waals surface area contributed by atoms with E-state index in [9.17, 15) is 0 Å². The highest BCUT2D eigenvalue weighted by atomic mass is 14.9. The van der Waals surface area contributed by atoms with Gasteiger partial charge < -0.3 is 5.32 Å². The lowest BCUT2D eigenvalue weighted by atomic mass is 9.72. The van der Waals surface area contributed by atoms with Gasteiger partial charge >= 0.3 is 0 Å². The van der Waals surface area contributed by atoms with Crippen LogP contribution in [0.3, 0.4) is 0 Å². The van der Waals surface area contributed by atoms with Crippen LogP contribution in [0.4, 0.5) is 5.69 Å². The predicted octanol–water partition coefficient (Wildman–Crippen LogP) is 8.70. The molecule has 0 saturated heterocycles. The van der Waals surface area contributed by atoms with Gasteiger partial charge in [-0.3, -0.25) is 0 Å². The summed E-state index contributed by atoms with van der Waals surface area (Å²) in [5, 5.41) is 3.97. The van der Waals surface area contributed by atoms with Crippen LogP contribution in [0.25, 0.3) is 0 Å². The molecule has 2 unspecified atom stereocenters. The summed E-state index contributed by atoms with van der Waals surface area (Å²) in [6.07, 6.45) is 21.7. The third kappa shape index (κ3) is 8.41. The molecule has 1 heteroatoms. The second-order valence-corrected chi connectivity index (χ2v) is 9.35. The zero-order valence-corrected chi connectivity index (χ0v) is 18.5. The van der Waals surface area contributed by atoms with Gasteiger partial charge in [0, 0.05) is 11.7 Å². The molecule has 0 bridgehead atoms. The molecule has 2 fully saturated rings. The number of rotatable bonds is 3. The number of anilines is 1. The van der Waals surface area contributed by atoms with Crippen molar-refractivity contribution in [1.82, 2.24) is 0 Å². The molecule has 0 spiro atoms. The van der Waals surface area contributed by atoms with Crippen molar-refractivity contribution in [3.63, 3.8) is 0 Å². The van der Waals surface area contributed by atoms with E-state index < -0.39 is 0 Å². The van der Waals surface area contributed by atoms with Gasteiger partial charge in [-0.15, -0.1) is 0 Å². The quantitative estimate of drug-likeness (QED) is 0.541. The average molecular weight is 394 g/mol. The first-order valence-corrected chi connectivity index (χ1v) is 12.6. The van der Waals surface area contributed by atoms with Gasteiger partial charge in [0.15, 0.2) is 0 Å². The van der Waals surface area contributed by atoms with Crippen molar-refractivity contribution < 1.29 is 0 Å². The minimum absolute atomic E-state index is 0.647. The highest BCUT2D eigenvalue weighted by Crippen LogP contribution is 2.37. The molecule has 3 rings (SSSR count). The second-order valence-electron chi connectivity index (χ2n) is 9.35. The lowest BCUT2D eigenvalue weighted by Gasteiger charge is -2.38. The molecule has 2 aliphatic rings. The molecule has 0 aliphatic heterocycles. The van der Waals surface area contributed by atoms with Crippen LogP contribution in [-0.2, 0) is 0 Å². The predicted molar refractivity (Wildman–Crippen MR) is 128 cm³/mol. The van der Waals surface area contributed by atoms with Crippen LogP contribution in [0.15, 0.2) is 54.6 Å². The first kappa shape index (κ1) is 22.2. The van der Waals surface area contributed by atoms with Crippen molar-refractivity contribution in [2.24, 2.45) is 11.8 Å². The van der Waals surface area contributed by atoms with Gasteiger partial charge in [-0.1, -0.05) is 126 Å². The Kier molecular flexibility index (Phi) is 10.5. The van der Waals surface area contributed by atoms with Crippen LogP contribution in [0.1, 0.15) is 96.3 Å². The summed E-state index contributed by atoms with van der Waals surface area (Å²) in [7, 11) is 0. The van der Waals surface area contributed by atoms with Crippen molar-refractivity contribution >= 4 is 5.69 Å². The topological polar surface area (TPSA) is 12.0 Å². The second kappa shape index (κ2) is 13.7. The molecular formula is C28H43N. The maximum Gasteiger partial charge on any atom is 0.0342 e. The Morgan fingerprint density at radius 2 is 0.931 bits per heavy atom. The van der Waals surface area contributed by atoms with E-state index in [4.69, 9.17) is 0 Å². The molecule has 0 amide bonds. The summed E-state index contributed by atoms with van der Waals surface area (Å²) < 4.78 is 0. The first-order valence-electron chi connectivity index (χ1n) is 12.6. The normalized spacial score (nSPS) is 25.1. The Balaban J connectivity index is 1.68. The summed E-state index contributed by atoms with van der Waals surface area (Å²) in [6, 6.07) is 20.0. The molecule has 0 heterocycles. The Morgan fingerprint density at radius 1 is 0.483 bits per heavy atom. The summed E-state index contributed by atoms with van der Waals surface area (Å²) >= 11 is 0. The van der Waals surface area contributed by atoms with Crippen molar-refractivity contribution in [2.75, 3.05) is 5.32 Å². The molecule has 1 N–H and O–H groups in total. The standard InChI is InChI=1S/C28H43N/c1-2-5-9-13-19-25(20-14-10-6-3-1)27-23-17-18-24-28(27)29-26-21-15-11-7-4-8-12-16-22-26/h4,7-8,11-12,15-16,21-22,25,27-29H,1-3,5-6,9-10,13-14,17-20,23-24H2. The van der Waals surface area contributed by atoms with Gasteiger partial charge in [-0.25, -0.2) is 0 Å². The fraction of sp³-hybridized carbons (Fsp3) is 0.643. The highest BCUT2D eigenvalue weighted by molar-refractivity contribution is 5.42. The molecule has 1 aromatic rings. The summed E-state index contributed by atoms with van der Waals surface area (Å²) in [5.41, 5.74) is 1.27. The van der Waals surface area contributed by atoms with E-state index in [0.29, 0.717) is 6.04 Å². The van der Waals surface area contributed by atoms with Crippen LogP contribution >= 0.6 is 0 Å². The maximum atomic E-state index is 3.97. The van der Waals surface area contributed by atoms with Gasteiger partial charge in [0.2, 0.25) is 0 Å². The molecule has 160 valence electrons. The SMILES string of the molecule is c1ccccc(NC2CCCCC2C2CCCCCCCCCCC2)cccc1. The zero-order chi connectivity index (χ0) is 20.0. The molecule has 0 aromatic heterocycles. The fourth-order valence-corrected chi connectivity index (χ4v) is 5.53. The van der Waals surface area contributed by atoms with Gasteiger partial charge in [0.05, 0.1) is 0 Å². The Bertz CT molecular complexity index is 572. The average Bonchev–Trinajstić information content (AvgIpc) is 2.74. The van der Waals surface area contributed by atoms with E-state index in [-0.39, 0.29) is 0 Å². The van der Waals surface area contributed by atoms with Gasteiger partial charge in [-0.05, 0) is 36.8 Å². The van der Waals surface area contributed by atoms with E-state index in [0.717, 1.165) is 11.8 Å². The number of nitrogens with one attached hydrogen (secondary N) is 1. The molecular weight excluding hydrogens is 350 g/mol. The molecule has 29 heavy (non-hydrogen) atoms. The molecule has 0 radical (unpaired) electrons. The zero-order valence-electron chi connectivity index (χ0n) is 18.5. The van der Waals surface area contributed by atoms with Crippen molar-refractivity contribution in [1.29, 1.82) is 0 Å². The van der Waals surface area contributed by atoms with E-state index in [1.165, 1.54) is 102 Å². The minimum Gasteiger partial charge on any atom is -0.382 e. The van der Waals surface area contributed by atoms with Crippen LogP contribution in [0.5, 0.6) is 0 Å². The Morgan fingerprint density at radius 3 is 1.52 bits per heavy atom. The molecule has 2 atom stereocenters. The minimum atomic E-state index is 0.647. The third-order valence-corrected chi connectivity index (χ3v) is 7.15. The Hall–Kier alpha value is -1.50. The van der Waals surface area contributed by atoms with Gasteiger partial charge in [0.25, 0.3) is 0 Å². The smallest absolute Gasteiger partial charge is 0.0342 e. The Labute approximate surface area is 180 Å². The molecule has 1 nitrogen and oxygen atoms in total. The van der Waals surface area contributed by atoms with Crippen molar-refractivity contribution in [2.45, 2.75) is 102 Å². The molecule has 2 saturated carbocycles. The lowest BCUT2D eigenvalue weighted by Crippen LogP contribution is -2.37. The van der Waals surface area contributed by atoms with E-state index in [1.807, 2.05) is 0 Å². The van der Waals surface area contributed by atoms with E-state index >= 15 is 0 Å². The number of hydrogen-bond donors (Lipinski definition) is 1.